The minimum Gasteiger partial charge on any atom is -0.478 e. The van der Waals surface area contributed by atoms with E-state index < -0.39 is 11.8 Å². The highest BCUT2D eigenvalue weighted by Gasteiger charge is 2.08. The lowest BCUT2D eigenvalue weighted by Gasteiger charge is -2.08. The Morgan fingerprint density at radius 1 is 1.29 bits per heavy atom. The minimum absolute atomic E-state index is 0.0751. The Hall–Kier alpha value is -2.47. The fourth-order valence-electron chi connectivity index (χ4n) is 2.01. The van der Waals surface area contributed by atoms with Gasteiger partial charge in [-0.05, 0) is 36.4 Å². The Balaban J connectivity index is 1.80. The Kier molecular flexibility index (Phi) is 3.53. The fraction of sp³-hybridized carbons (Fsp3) is 0.0667. The van der Waals surface area contributed by atoms with Crippen LogP contribution in [0, 0.1) is 5.82 Å². The van der Waals surface area contributed by atoms with E-state index in [1.165, 1.54) is 29.5 Å². The second kappa shape index (κ2) is 5.49. The van der Waals surface area contributed by atoms with E-state index in [1.807, 2.05) is 18.2 Å². The molecule has 106 valence electrons. The van der Waals surface area contributed by atoms with Gasteiger partial charge in [0.05, 0.1) is 21.3 Å². The largest absolute Gasteiger partial charge is 0.478 e. The minimum atomic E-state index is -1.07. The van der Waals surface area contributed by atoms with Crippen LogP contribution in [0.5, 0.6) is 0 Å². The number of aromatic carboxylic acids is 1. The maximum absolute atomic E-state index is 13.7. The van der Waals surface area contributed by atoms with E-state index in [4.69, 9.17) is 5.11 Å². The van der Waals surface area contributed by atoms with Gasteiger partial charge in [-0.25, -0.2) is 14.2 Å². The smallest absolute Gasteiger partial charge is 0.335 e. The highest BCUT2D eigenvalue weighted by atomic mass is 32.1. The summed E-state index contributed by atoms with van der Waals surface area (Å²) in [4.78, 5) is 15.1. The maximum Gasteiger partial charge on any atom is 0.335 e. The SMILES string of the molecule is O=C(O)c1ccc(F)c(CNc2ccc3ncsc3c2)c1. The Morgan fingerprint density at radius 3 is 2.95 bits per heavy atom. The second-order valence-electron chi connectivity index (χ2n) is 4.50. The van der Waals surface area contributed by atoms with Gasteiger partial charge in [-0.2, -0.15) is 0 Å². The molecule has 0 saturated heterocycles. The van der Waals surface area contributed by atoms with Gasteiger partial charge in [-0.1, -0.05) is 0 Å². The number of thiazole rings is 1. The fourth-order valence-corrected chi connectivity index (χ4v) is 2.72. The van der Waals surface area contributed by atoms with Crippen molar-refractivity contribution in [1.82, 2.24) is 4.98 Å². The molecule has 0 unspecified atom stereocenters. The van der Waals surface area contributed by atoms with Crippen LogP contribution >= 0.6 is 11.3 Å². The summed E-state index contributed by atoms with van der Waals surface area (Å²) in [6.45, 7) is 0.220. The molecule has 0 aliphatic heterocycles. The molecule has 0 amide bonds. The molecular formula is C15H11FN2O2S. The molecule has 0 radical (unpaired) electrons. The first-order chi connectivity index (χ1) is 10.1. The summed E-state index contributed by atoms with van der Waals surface area (Å²) < 4.78 is 14.7. The molecule has 0 fully saturated rings. The molecule has 2 aromatic carbocycles. The molecule has 1 aromatic heterocycles. The van der Waals surface area contributed by atoms with E-state index in [0.29, 0.717) is 5.56 Å². The molecule has 4 nitrogen and oxygen atoms in total. The van der Waals surface area contributed by atoms with Crippen molar-refractivity contribution in [1.29, 1.82) is 0 Å². The number of hydrogen-bond donors (Lipinski definition) is 2. The van der Waals surface area contributed by atoms with Crippen LogP contribution in [0.3, 0.4) is 0 Å². The Morgan fingerprint density at radius 2 is 2.14 bits per heavy atom. The van der Waals surface area contributed by atoms with Gasteiger partial charge >= 0.3 is 5.97 Å². The van der Waals surface area contributed by atoms with Crippen molar-refractivity contribution in [3.05, 3.63) is 58.9 Å². The third-order valence-corrected chi connectivity index (χ3v) is 3.90. The van der Waals surface area contributed by atoms with E-state index in [9.17, 15) is 9.18 Å². The normalized spacial score (nSPS) is 10.7. The van der Waals surface area contributed by atoms with Gasteiger partial charge in [0.2, 0.25) is 0 Å². The number of nitrogens with one attached hydrogen (secondary N) is 1. The van der Waals surface area contributed by atoms with Gasteiger partial charge in [0.1, 0.15) is 5.82 Å². The first-order valence-corrected chi connectivity index (χ1v) is 7.10. The molecule has 6 heteroatoms. The predicted molar refractivity (Wildman–Crippen MR) is 80.3 cm³/mol. The summed E-state index contributed by atoms with van der Waals surface area (Å²) in [5.74, 6) is -1.49. The number of rotatable bonds is 4. The molecular weight excluding hydrogens is 291 g/mol. The summed E-state index contributed by atoms with van der Waals surface area (Å²) in [6.07, 6.45) is 0. The first kappa shape index (κ1) is 13.5. The van der Waals surface area contributed by atoms with Gasteiger partial charge in [-0.3, -0.25) is 0 Å². The molecule has 21 heavy (non-hydrogen) atoms. The van der Waals surface area contributed by atoms with Crippen LogP contribution in [0.25, 0.3) is 10.2 Å². The number of halogens is 1. The molecule has 0 bridgehead atoms. The van der Waals surface area contributed by atoms with E-state index in [0.717, 1.165) is 15.9 Å². The molecule has 0 saturated carbocycles. The van der Waals surface area contributed by atoms with Gasteiger partial charge in [0.25, 0.3) is 0 Å². The van der Waals surface area contributed by atoms with E-state index in [1.54, 1.807) is 5.51 Å². The molecule has 1 heterocycles. The van der Waals surface area contributed by atoms with Crippen molar-refractivity contribution in [2.75, 3.05) is 5.32 Å². The highest BCUT2D eigenvalue weighted by molar-refractivity contribution is 7.16. The molecule has 2 N–H and O–H groups in total. The summed E-state index contributed by atoms with van der Waals surface area (Å²) in [5.41, 5.74) is 3.92. The number of anilines is 1. The standard InChI is InChI=1S/C15H11FN2O2S/c16-12-3-1-9(15(19)20)5-10(12)7-17-11-2-4-13-14(6-11)21-8-18-13/h1-6,8,17H,7H2,(H,19,20). The lowest BCUT2D eigenvalue weighted by Crippen LogP contribution is -2.04. The third kappa shape index (κ3) is 2.85. The van der Waals surface area contributed by atoms with Crippen molar-refractivity contribution >= 4 is 33.2 Å². The lowest BCUT2D eigenvalue weighted by molar-refractivity contribution is 0.0696. The number of carboxylic acid groups (broad SMARTS) is 1. The molecule has 3 aromatic rings. The molecule has 0 atom stereocenters. The van der Waals surface area contributed by atoms with Crippen LogP contribution in [0.15, 0.2) is 41.9 Å². The zero-order valence-corrected chi connectivity index (χ0v) is 11.7. The van der Waals surface area contributed by atoms with Gasteiger partial charge < -0.3 is 10.4 Å². The number of nitrogens with zero attached hydrogens (tertiary/aromatic N) is 1. The van der Waals surface area contributed by atoms with Crippen molar-refractivity contribution < 1.29 is 14.3 Å². The average Bonchev–Trinajstić information content (AvgIpc) is 2.93. The van der Waals surface area contributed by atoms with Crippen LogP contribution in [0.4, 0.5) is 10.1 Å². The molecule has 0 spiro atoms. The van der Waals surface area contributed by atoms with Crippen LogP contribution in [0.2, 0.25) is 0 Å². The van der Waals surface area contributed by atoms with Crippen LogP contribution in [-0.2, 0) is 6.54 Å². The number of benzene rings is 2. The second-order valence-corrected chi connectivity index (χ2v) is 5.39. The van der Waals surface area contributed by atoms with Crippen LogP contribution < -0.4 is 5.32 Å². The quantitative estimate of drug-likeness (QED) is 0.770. The van der Waals surface area contributed by atoms with Gasteiger partial charge in [-0.15, -0.1) is 11.3 Å². The maximum atomic E-state index is 13.7. The summed E-state index contributed by atoms with van der Waals surface area (Å²) in [6, 6.07) is 9.46. The van der Waals surface area contributed by atoms with Crippen molar-refractivity contribution in [3.8, 4) is 0 Å². The summed E-state index contributed by atoms with van der Waals surface area (Å²) in [5, 5.41) is 12.0. The topological polar surface area (TPSA) is 62.2 Å². The van der Waals surface area contributed by atoms with Crippen molar-refractivity contribution in [3.63, 3.8) is 0 Å². The lowest BCUT2D eigenvalue weighted by atomic mass is 10.1. The molecule has 3 rings (SSSR count). The summed E-state index contributed by atoms with van der Waals surface area (Å²) in [7, 11) is 0. The van der Waals surface area contributed by atoms with E-state index in [-0.39, 0.29) is 12.1 Å². The zero-order chi connectivity index (χ0) is 14.8. The number of carboxylic acids is 1. The average molecular weight is 302 g/mol. The number of fused-ring (bicyclic) bond motifs is 1. The Bertz CT molecular complexity index is 816. The Labute approximate surface area is 123 Å². The molecule has 0 aliphatic rings. The van der Waals surface area contributed by atoms with Crippen LogP contribution in [0.1, 0.15) is 15.9 Å². The predicted octanol–water partition coefficient (Wildman–Crippen LogP) is 3.75. The molecule has 0 aliphatic carbocycles. The number of aromatic nitrogens is 1. The van der Waals surface area contributed by atoms with Gasteiger partial charge in [0.15, 0.2) is 0 Å². The number of carbonyl (C=O) groups is 1. The van der Waals surface area contributed by atoms with Gasteiger partial charge in [0, 0.05) is 17.8 Å². The highest BCUT2D eigenvalue weighted by Crippen LogP contribution is 2.22. The zero-order valence-electron chi connectivity index (χ0n) is 10.8. The van der Waals surface area contributed by atoms with Crippen LogP contribution in [-0.4, -0.2) is 16.1 Å². The van der Waals surface area contributed by atoms with Crippen molar-refractivity contribution in [2.24, 2.45) is 0 Å². The van der Waals surface area contributed by atoms with E-state index >= 15 is 0 Å². The summed E-state index contributed by atoms with van der Waals surface area (Å²) >= 11 is 1.53. The van der Waals surface area contributed by atoms with E-state index in [2.05, 4.69) is 10.3 Å². The first-order valence-electron chi connectivity index (χ1n) is 6.22. The third-order valence-electron chi connectivity index (χ3n) is 3.11. The monoisotopic (exact) mass is 302 g/mol. The number of hydrogen-bond acceptors (Lipinski definition) is 4. The van der Waals surface area contributed by atoms with Crippen molar-refractivity contribution in [2.45, 2.75) is 6.54 Å².